The van der Waals surface area contributed by atoms with Gasteiger partial charge in [0.15, 0.2) is 0 Å². The van der Waals surface area contributed by atoms with Crippen LogP contribution in [0.25, 0.3) is 0 Å². The molecule has 0 aromatic rings. The maximum Gasteiger partial charge on any atom is 0.0812 e. The van der Waals surface area contributed by atoms with Gasteiger partial charge < -0.3 is 4.74 Å². The summed E-state index contributed by atoms with van der Waals surface area (Å²) in [6.45, 7) is 8.08. The predicted molar refractivity (Wildman–Crippen MR) is 61.4 cm³/mol. The van der Waals surface area contributed by atoms with E-state index in [0.717, 1.165) is 18.4 Å². The lowest BCUT2D eigenvalue weighted by molar-refractivity contribution is 0.290. The molecular formula is C13H26O. The molecule has 0 amide bonds. The standard InChI is InChI=1S/C13H26O/c1-4-5-6-7-8-11(2)12(3)9-13-10-14-13/h11-13H,4-10H2,1-3H3. The summed E-state index contributed by atoms with van der Waals surface area (Å²) < 4.78 is 5.27. The minimum absolute atomic E-state index is 0.614. The molecule has 0 radical (unpaired) electrons. The van der Waals surface area contributed by atoms with E-state index in [-0.39, 0.29) is 0 Å². The number of hydrogen-bond donors (Lipinski definition) is 0. The third kappa shape index (κ3) is 4.99. The smallest absolute Gasteiger partial charge is 0.0812 e. The van der Waals surface area contributed by atoms with Crippen LogP contribution in [0.3, 0.4) is 0 Å². The molecule has 0 aromatic carbocycles. The van der Waals surface area contributed by atoms with Crippen LogP contribution in [0.15, 0.2) is 0 Å². The van der Waals surface area contributed by atoms with Crippen LogP contribution in [0.5, 0.6) is 0 Å². The van der Waals surface area contributed by atoms with Gasteiger partial charge in [-0.25, -0.2) is 0 Å². The Balaban J connectivity index is 1.97. The van der Waals surface area contributed by atoms with Gasteiger partial charge in [-0.1, -0.05) is 52.9 Å². The van der Waals surface area contributed by atoms with E-state index in [9.17, 15) is 0 Å². The first-order chi connectivity index (χ1) is 6.74. The Morgan fingerprint density at radius 2 is 1.86 bits per heavy atom. The van der Waals surface area contributed by atoms with Gasteiger partial charge >= 0.3 is 0 Å². The monoisotopic (exact) mass is 198 g/mol. The summed E-state index contributed by atoms with van der Waals surface area (Å²) >= 11 is 0. The Hall–Kier alpha value is -0.0400. The van der Waals surface area contributed by atoms with Crippen molar-refractivity contribution in [2.75, 3.05) is 6.61 Å². The normalized spacial score (nSPS) is 24.6. The first-order valence-corrected chi connectivity index (χ1v) is 6.35. The zero-order valence-corrected chi connectivity index (χ0v) is 10.1. The molecule has 3 atom stereocenters. The SMILES string of the molecule is CCCCCCC(C)C(C)CC1CO1. The second-order valence-electron chi connectivity index (χ2n) is 4.99. The molecule has 1 nitrogen and oxygen atoms in total. The number of unbranched alkanes of at least 4 members (excludes halogenated alkanes) is 3. The van der Waals surface area contributed by atoms with Crippen molar-refractivity contribution in [1.29, 1.82) is 0 Å². The van der Waals surface area contributed by atoms with Gasteiger partial charge in [-0.15, -0.1) is 0 Å². The maximum atomic E-state index is 5.27. The third-order valence-corrected chi connectivity index (χ3v) is 3.52. The summed E-state index contributed by atoms with van der Waals surface area (Å²) in [6, 6.07) is 0. The fourth-order valence-electron chi connectivity index (χ4n) is 2.03. The van der Waals surface area contributed by atoms with E-state index in [0.29, 0.717) is 6.10 Å². The van der Waals surface area contributed by atoms with Crippen LogP contribution in [0, 0.1) is 11.8 Å². The summed E-state index contributed by atoms with van der Waals surface area (Å²) in [4.78, 5) is 0. The van der Waals surface area contributed by atoms with Crippen LogP contribution in [0.2, 0.25) is 0 Å². The molecule has 1 aliphatic rings. The van der Waals surface area contributed by atoms with Crippen molar-refractivity contribution in [3.63, 3.8) is 0 Å². The zero-order chi connectivity index (χ0) is 10.4. The van der Waals surface area contributed by atoms with Crippen LogP contribution in [0.1, 0.15) is 59.3 Å². The second-order valence-corrected chi connectivity index (χ2v) is 4.99. The molecule has 0 N–H and O–H groups in total. The fourth-order valence-corrected chi connectivity index (χ4v) is 2.03. The van der Waals surface area contributed by atoms with Crippen LogP contribution in [-0.4, -0.2) is 12.7 Å². The Morgan fingerprint density at radius 3 is 2.43 bits per heavy atom. The summed E-state index contributed by atoms with van der Waals surface area (Å²) in [6.07, 6.45) is 8.91. The molecule has 0 aromatic heterocycles. The summed E-state index contributed by atoms with van der Waals surface area (Å²) in [5.41, 5.74) is 0. The number of rotatable bonds is 8. The Kier molecular flexibility index (Phi) is 5.54. The molecule has 3 unspecified atom stereocenters. The molecule has 0 saturated carbocycles. The number of hydrogen-bond acceptors (Lipinski definition) is 1. The average Bonchev–Trinajstić information content (AvgIpc) is 2.96. The van der Waals surface area contributed by atoms with Crippen molar-refractivity contribution in [1.82, 2.24) is 0 Å². The van der Waals surface area contributed by atoms with E-state index in [1.165, 1.54) is 38.5 Å². The van der Waals surface area contributed by atoms with Gasteiger partial charge in [-0.2, -0.15) is 0 Å². The van der Waals surface area contributed by atoms with E-state index in [1.54, 1.807) is 0 Å². The lowest BCUT2D eigenvalue weighted by atomic mass is 9.87. The van der Waals surface area contributed by atoms with Crippen molar-refractivity contribution in [3.8, 4) is 0 Å². The quantitative estimate of drug-likeness (QED) is 0.424. The zero-order valence-electron chi connectivity index (χ0n) is 10.1. The minimum Gasteiger partial charge on any atom is -0.373 e. The van der Waals surface area contributed by atoms with Crippen LogP contribution in [-0.2, 0) is 4.74 Å². The van der Waals surface area contributed by atoms with Crippen molar-refractivity contribution in [2.45, 2.75) is 65.4 Å². The summed E-state index contributed by atoms with van der Waals surface area (Å²) in [5.74, 6) is 1.74. The first kappa shape index (κ1) is 12.0. The largest absolute Gasteiger partial charge is 0.373 e. The average molecular weight is 198 g/mol. The van der Waals surface area contributed by atoms with E-state index in [4.69, 9.17) is 4.74 Å². The Morgan fingerprint density at radius 1 is 1.14 bits per heavy atom. The summed E-state index contributed by atoms with van der Waals surface area (Å²) in [5, 5.41) is 0. The fraction of sp³-hybridized carbons (Fsp3) is 1.00. The molecule has 1 rings (SSSR count). The highest BCUT2D eigenvalue weighted by molar-refractivity contribution is 4.74. The molecule has 14 heavy (non-hydrogen) atoms. The second kappa shape index (κ2) is 6.44. The Labute approximate surface area is 89.2 Å². The van der Waals surface area contributed by atoms with E-state index in [1.807, 2.05) is 0 Å². The molecule has 1 heteroatoms. The van der Waals surface area contributed by atoms with Gasteiger partial charge in [-0.3, -0.25) is 0 Å². The topological polar surface area (TPSA) is 12.5 Å². The van der Waals surface area contributed by atoms with Crippen molar-refractivity contribution in [3.05, 3.63) is 0 Å². The van der Waals surface area contributed by atoms with E-state index >= 15 is 0 Å². The molecule has 1 heterocycles. The lowest BCUT2D eigenvalue weighted by Crippen LogP contribution is -2.10. The minimum atomic E-state index is 0.614. The van der Waals surface area contributed by atoms with Crippen LogP contribution in [0.4, 0.5) is 0 Å². The third-order valence-electron chi connectivity index (χ3n) is 3.52. The van der Waals surface area contributed by atoms with Crippen molar-refractivity contribution < 1.29 is 4.74 Å². The molecule has 1 aliphatic heterocycles. The summed E-state index contributed by atoms with van der Waals surface area (Å²) in [7, 11) is 0. The highest BCUT2D eigenvalue weighted by Gasteiger charge is 2.26. The predicted octanol–water partition coefficient (Wildman–Crippen LogP) is 4.02. The van der Waals surface area contributed by atoms with Gasteiger partial charge in [0, 0.05) is 0 Å². The van der Waals surface area contributed by atoms with Gasteiger partial charge in [0.25, 0.3) is 0 Å². The molecule has 84 valence electrons. The highest BCUT2D eigenvalue weighted by atomic mass is 16.6. The van der Waals surface area contributed by atoms with Gasteiger partial charge in [0.1, 0.15) is 0 Å². The molecule has 1 fully saturated rings. The van der Waals surface area contributed by atoms with Crippen molar-refractivity contribution in [2.24, 2.45) is 11.8 Å². The Bertz CT molecular complexity index is 140. The lowest BCUT2D eigenvalue weighted by Gasteiger charge is -2.18. The molecule has 0 spiro atoms. The van der Waals surface area contributed by atoms with Crippen LogP contribution < -0.4 is 0 Å². The van der Waals surface area contributed by atoms with Gasteiger partial charge in [0.2, 0.25) is 0 Å². The molecule has 1 saturated heterocycles. The molecular weight excluding hydrogens is 172 g/mol. The van der Waals surface area contributed by atoms with E-state index in [2.05, 4.69) is 20.8 Å². The van der Waals surface area contributed by atoms with Crippen molar-refractivity contribution >= 4 is 0 Å². The maximum absolute atomic E-state index is 5.27. The van der Waals surface area contributed by atoms with Crippen LogP contribution >= 0.6 is 0 Å². The highest BCUT2D eigenvalue weighted by Crippen LogP contribution is 2.27. The number of ether oxygens (including phenoxy) is 1. The number of epoxide rings is 1. The van der Waals surface area contributed by atoms with Gasteiger partial charge in [0.05, 0.1) is 12.7 Å². The first-order valence-electron chi connectivity index (χ1n) is 6.35. The molecule has 0 aliphatic carbocycles. The molecule has 0 bridgehead atoms. The van der Waals surface area contributed by atoms with Gasteiger partial charge in [-0.05, 0) is 18.3 Å². The van der Waals surface area contributed by atoms with E-state index < -0.39 is 0 Å².